The Morgan fingerprint density at radius 1 is 1.07 bits per heavy atom. The molecule has 1 fully saturated rings. The molecule has 1 N–H and O–H groups in total. The summed E-state index contributed by atoms with van der Waals surface area (Å²) in [5, 5.41) is 0.971. The first kappa shape index (κ1) is 17.5. The molecule has 0 spiro atoms. The molecule has 1 aliphatic heterocycles. The van der Waals surface area contributed by atoms with Gasteiger partial charge in [-0.05, 0) is 32.0 Å². The number of aromatic nitrogens is 1. The number of carbonyl (C=O) groups excluding carboxylic acids is 2. The Balaban J connectivity index is 1.46. The van der Waals surface area contributed by atoms with Crippen LogP contribution in [0.2, 0.25) is 0 Å². The number of carbonyl (C=O) groups is 2. The summed E-state index contributed by atoms with van der Waals surface area (Å²) >= 11 is 0. The normalized spacial score (nSPS) is 16.6. The Bertz CT molecular complexity index is 966. The average molecular weight is 365 g/mol. The number of piperazine rings is 1. The highest BCUT2D eigenvalue weighted by atomic mass is 16.3. The Labute approximate surface area is 157 Å². The molecule has 6 nitrogen and oxygen atoms in total. The molecule has 6 heteroatoms. The van der Waals surface area contributed by atoms with Crippen molar-refractivity contribution in [3.8, 4) is 0 Å². The summed E-state index contributed by atoms with van der Waals surface area (Å²) in [6.45, 7) is 6.41. The van der Waals surface area contributed by atoms with Crippen molar-refractivity contribution in [3.63, 3.8) is 0 Å². The zero-order chi connectivity index (χ0) is 19.0. The van der Waals surface area contributed by atoms with Crippen molar-refractivity contribution in [1.29, 1.82) is 0 Å². The first-order valence-electron chi connectivity index (χ1n) is 9.24. The fourth-order valence-corrected chi connectivity index (χ4v) is 3.84. The molecule has 0 unspecified atom stereocenters. The van der Waals surface area contributed by atoms with Crippen LogP contribution in [0.5, 0.6) is 0 Å². The van der Waals surface area contributed by atoms with Gasteiger partial charge in [-0.15, -0.1) is 0 Å². The average Bonchev–Trinajstić information content (AvgIpc) is 3.33. The molecule has 140 valence electrons. The summed E-state index contributed by atoms with van der Waals surface area (Å²) in [7, 11) is 0. The van der Waals surface area contributed by atoms with Gasteiger partial charge in [0.15, 0.2) is 11.5 Å². The number of amides is 1. The van der Waals surface area contributed by atoms with E-state index >= 15 is 0 Å². The Morgan fingerprint density at radius 3 is 2.52 bits per heavy atom. The van der Waals surface area contributed by atoms with Gasteiger partial charge < -0.3 is 14.3 Å². The molecule has 27 heavy (non-hydrogen) atoms. The van der Waals surface area contributed by atoms with E-state index in [1.165, 1.54) is 6.26 Å². The van der Waals surface area contributed by atoms with Gasteiger partial charge in [0.25, 0.3) is 5.91 Å². The Kier molecular flexibility index (Phi) is 4.58. The van der Waals surface area contributed by atoms with Crippen molar-refractivity contribution < 1.29 is 14.0 Å². The summed E-state index contributed by atoms with van der Waals surface area (Å²) < 4.78 is 5.20. The highest BCUT2D eigenvalue weighted by Gasteiger charge is 2.30. The molecule has 1 atom stereocenters. The summed E-state index contributed by atoms with van der Waals surface area (Å²) in [6, 6.07) is 11.1. The van der Waals surface area contributed by atoms with Crippen LogP contribution in [-0.2, 0) is 0 Å². The molecule has 1 aromatic carbocycles. The van der Waals surface area contributed by atoms with Crippen LogP contribution in [0.4, 0.5) is 0 Å². The van der Waals surface area contributed by atoms with E-state index in [1.54, 1.807) is 17.0 Å². The van der Waals surface area contributed by atoms with Gasteiger partial charge in [0, 0.05) is 48.3 Å². The second kappa shape index (κ2) is 7.04. The number of hydrogen-bond donors (Lipinski definition) is 1. The van der Waals surface area contributed by atoms with Gasteiger partial charge in [0.1, 0.15) is 0 Å². The van der Waals surface area contributed by atoms with Gasteiger partial charge in [-0.25, -0.2) is 0 Å². The molecule has 0 saturated carbocycles. The number of nitrogens with one attached hydrogen (secondary N) is 1. The topological polar surface area (TPSA) is 69.6 Å². The number of hydrogen-bond acceptors (Lipinski definition) is 4. The molecule has 1 saturated heterocycles. The van der Waals surface area contributed by atoms with Crippen molar-refractivity contribution in [1.82, 2.24) is 14.8 Å². The number of aromatic amines is 1. The van der Waals surface area contributed by atoms with Gasteiger partial charge in [0.05, 0.1) is 12.3 Å². The number of nitrogens with zero attached hydrogens (tertiary/aromatic N) is 2. The van der Waals surface area contributed by atoms with Crippen LogP contribution in [0.3, 0.4) is 0 Å². The fraction of sp³-hybridized carbons (Fsp3) is 0.333. The quantitative estimate of drug-likeness (QED) is 0.722. The molecular weight excluding hydrogens is 342 g/mol. The molecule has 1 amide bonds. The van der Waals surface area contributed by atoms with Gasteiger partial charge in [-0.2, -0.15) is 0 Å². The highest BCUT2D eigenvalue weighted by Crippen LogP contribution is 2.24. The molecule has 4 rings (SSSR count). The van der Waals surface area contributed by atoms with Crippen LogP contribution in [0, 0.1) is 6.92 Å². The van der Waals surface area contributed by atoms with Crippen LogP contribution in [-0.4, -0.2) is 58.7 Å². The third kappa shape index (κ3) is 3.17. The van der Waals surface area contributed by atoms with E-state index in [2.05, 4.69) is 9.88 Å². The van der Waals surface area contributed by atoms with E-state index in [0.29, 0.717) is 31.9 Å². The summed E-state index contributed by atoms with van der Waals surface area (Å²) in [4.78, 5) is 32.8. The number of H-pyrrole nitrogens is 1. The largest absolute Gasteiger partial charge is 0.459 e. The minimum atomic E-state index is -0.233. The molecule has 3 heterocycles. The molecule has 3 aromatic rings. The monoisotopic (exact) mass is 365 g/mol. The minimum absolute atomic E-state index is 0.0916. The lowest BCUT2D eigenvalue weighted by atomic mass is 10.0. The second-order valence-electron chi connectivity index (χ2n) is 7.02. The van der Waals surface area contributed by atoms with Crippen molar-refractivity contribution in [2.24, 2.45) is 0 Å². The number of aryl methyl sites for hydroxylation is 1. The smallest absolute Gasteiger partial charge is 0.289 e. The number of furan rings is 1. The third-order valence-corrected chi connectivity index (χ3v) is 5.40. The van der Waals surface area contributed by atoms with E-state index in [0.717, 1.165) is 22.2 Å². The number of Topliss-reactive ketones (excluding diaryl/α,β-unsaturated/α-hetero) is 1. The lowest BCUT2D eigenvalue weighted by Crippen LogP contribution is -2.53. The van der Waals surface area contributed by atoms with Crippen LogP contribution >= 0.6 is 0 Å². The SMILES string of the molecule is Cc1[nH]c2ccccc2c1C(=O)[C@H](C)N1CCN(C(=O)c2ccco2)CC1. The van der Waals surface area contributed by atoms with Gasteiger partial charge in [-0.3, -0.25) is 14.5 Å². The lowest BCUT2D eigenvalue weighted by Gasteiger charge is -2.37. The fourth-order valence-electron chi connectivity index (χ4n) is 3.84. The molecular formula is C21H23N3O3. The minimum Gasteiger partial charge on any atom is -0.459 e. The standard InChI is InChI=1S/C21H23N3O3/c1-14-19(16-6-3-4-7-17(16)22-14)20(25)15(2)23-9-11-24(12-10-23)21(26)18-8-5-13-27-18/h3-8,13,15,22H,9-12H2,1-2H3/t15-/m0/s1. The van der Waals surface area contributed by atoms with Gasteiger partial charge in [0.2, 0.25) is 0 Å². The maximum Gasteiger partial charge on any atom is 0.289 e. The van der Waals surface area contributed by atoms with Crippen molar-refractivity contribution in [3.05, 3.63) is 59.7 Å². The van der Waals surface area contributed by atoms with E-state index in [4.69, 9.17) is 4.42 Å². The van der Waals surface area contributed by atoms with Crippen LogP contribution < -0.4 is 0 Å². The summed E-state index contributed by atoms with van der Waals surface area (Å²) in [5.74, 6) is 0.392. The maximum absolute atomic E-state index is 13.2. The zero-order valence-electron chi connectivity index (χ0n) is 15.6. The number of fused-ring (bicyclic) bond motifs is 1. The molecule has 1 aliphatic rings. The third-order valence-electron chi connectivity index (χ3n) is 5.40. The van der Waals surface area contributed by atoms with Crippen LogP contribution in [0.1, 0.15) is 33.5 Å². The van der Waals surface area contributed by atoms with Crippen LogP contribution in [0.25, 0.3) is 10.9 Å². The van der Waals surface area contributed by atoms with Gasteiger partial charge in [-0.1, -0.05) is 18.2 Å². The molecule has 0 aliphatic carbocycles. The number of benzene rings is 1. The zero-order valence-corrected chi connectivity index (χ0v) is 15.6. The Morgan fingerprint density at radius 2 is 1.81 bits per heavy atom. The molecule has 2 aromatic heterocycles. The lowest BCUT2D eigenvalue weighted by molar-refractivity contribution is 0.0529. The first-order valence-corrected chi connectivity index (χ1v) is 9.24. The first-order chi connectivity index (χ1) is 13.1. The predicted octanol–water partition coefficient (Wildman–Crippen LogP) is 3.10. The van der Waals surface area contributed by atoms with Crippen molar-refractivity contribution >= 4 is 22.6 Å². The van der Waals surface area contributed by atoms with E-state index in [-0.39, 0.29) is 17.7 Å². The van der Waals surface area contributed by atoms with Crippen molar-refractivity contribution in [2.45, 2.75) is 19.9 Å². The summed E-state index contributed by atoms with van der Waals surface area (Å²) in [5.41, 5.74) is 2.66. The number of rotatable bonds is 4. The maximum atomic E-state index is 13.2. The van der Waals surface area contributed by atoms with E-state index < -0.39 is 0 Å². The van der Waals surface area contributed by atoms with E-state index in [9.17, 15) is 9.59 Å². The second-order valence-corrected chi connectivity index (χ2v) is 7.02. The predicted molar refractivity (Wildman–Crippen MR) is 103 cm³/mol. The highest BCUT2D eigenvalue weighted by molar-refractivity contribution is 6.11. The number of ketones is 1. The van der Waals surface area contributed by atoms with Crippen molar-refractivity contribution in [2.75, 3.05) is 26.2 Å². The molecule has 0 bridgehead atoms. The summed E-state index contributed by atoms with van der Waals surface area (Å²) in [6.07, 6.45) is 1.51. The molecule has 0 radical (unpaired) electrons. The van der Waals surface area contributed by atoms with Gasteiger partial charge >= 0.3 is 0 Å². The van der Waals surface area contributed by atoms with E-state index in [1.807, 2.05) is 38.1 Å². The van der Waals surface area contributed by atoms with Crippen LogP contribution in [0.15, 0.2) is 47.1 Å². The number of para-hydroxylation sites is 1. The Hall–Kier alpha value is -2.86.